The number of H-pyrrole nitrogens is 1. The first-order chi connectivity index (χ1) is 17.3. The number of likely N-dealkylation sites (tertiary alicyclic amines) is 1. The van der Waals surface area contributed by atoms with Crippen LogP contribution >= 0.6 is 0 Å². The van der Waals surface area contributed by atoms with Crippen LogP contribution in [0.3, 0.4) is 0 Å². The molecule has 0 aliphatic carbocycles. The number of methoxy groups -OCH3 is 2. The van der Waals surface area contributed by atoms with E-state index in [1.807, 2.05) is 24.4 Å². The molecule has 3 heterocycles. The number of benzene rings is 2. The Hall–Kier alpha value is -3.95. The summed E-state index contributed by atoms with van der Waals surface area (Å²) in [6.45, 7) is 1.05. The lowest BCUT2D eigenvalue weighted by Crippen LogP contribution is -2.38. The number of hydrogen-bond donors (Lipinski definition) is 1. The highest BCUT2D eigenvalue weighted by Gasteiger charge is 2.32. The lowest BCUT2D eigenvalue weighted by atomic mass is 9.89. The topological polar surface area (TPSA) is 72.4 Å². The van der Waals surface area contributed by atoms with E-state index in [0.29, 0.717) is 13.1 Å². The molecule has 1 saturated heterocycles. The maximum atomic E-state index is 13.3. The van der Waals surface area contributed by atoms with Crippen molar-refractivity contribution in [1.29, 1.82) is 0 Å². The highest BCUT2D eigenvalue weighted by molar-refractivity contribution is 5.95. The molecule has 0 saturated carbocycles. The number of amides is 1. The second kappa shape index (κ2) is 9.25. The highest BCUT2D eigenvalue weighted by atomic mass is 19.4. The number of carbonyl (C=O) groups excluding carboxylic acids is 1. The van der Waals surface area contributed by atoms with Crippen LogP contribution < -0.4 is 9.47 Å². The van der Waals surface area contributed by atoms with E-state index in [-0.39, 0.29) is 29.0 Å². The summed E-state index contributed by atoms with van der Waals surface area (Å²) in [7, 11) is 3.04. The van der Waals surface area contributed by atoms with Crippen LogP contribution in [0.25, 0.3) is 16.6 Å². The minimum absolute atomic E-state index is 0.0743. The van der Waals surface area contributed by atoms with Crippen molar-refractivity contribution in [3.8, 4) is 17.2 Å². The number of rotatable bonds is 5. The van der Waals surface area contributed by atoms with Crippen molar-refractivity contribution in [2.24, 2.45) is 0 Å². The average Bonchev–Trinajstić information content (AvgIpc) is 3.52. The molecule has 1 N–H and O–H groups in total. The Bertz CT molecular complexity index is 1400. The van der Waals surface area contributed by atoms with Crippen molar-refractivity contribution in [3.63, 3.8) is 0 Å². The van der Waals surface area contributed by atoms with Crippen molar-refractivity contribution in [2.75, 3.05) is 27.3 Å². The lowest BCUT2D eigenvalue weighted by molar-refractivity contribution is -0.137. The Balaban J connectivity index is 1.33. The number of aromatic nitrogens is 3. The second-order valence-corrected chi connectivity index (χ2v) is 8.76. The van der Waals surface area contributed by atoms with Gasteiger partial charge in [0.05, 0.1) is 31.7 Å². The van der Waals surface area contributed by atoms with Gasteiger partial charge in [0.1, 0.15) is 5.75 Å². The zero-order valence-corrected chi connectivity index (χ0v) is 19.8. The Labute approximate surface area is 205 Å². The first-order valence-corrected chi connectivity index (χ1v) is 11.5. The van der Waals surface area contributed by atoms with Gasteiger partial charge < -0.3 is 19.4 Å². The molecular formula is C26H25F3N4O3. The maximum absolute atomic E-state index is 13.3. The summed E-state index contributed by atoms with van der Waals surface area (Å²) < 4.78 is 51.4. The zero-order chi connectivity index (χ0) is 25.4. The van der Waals surface area contributed by atoms with Gasteiger partial charge in [-0.1, -0.05) is 6.07 Å². The normalized spacial score (nSPS) is 14.9. The number of aromatic amines is 1. The van der Waals surface area contributed by atoms with Crippen LogP contribution in [0.1, 0.15) is 40.4 Å². The van der Waals surface area contributed by atoms with E-state index in [1.54, 1.807) is 12.0 Å². The zero-order valence-electron chi connectivity index (χ0n) is 19.8. The van der Waals surface area contributed by atoms with Crippen LogP contribution in [0.15, 0.2) is 54.9 Å². The van der Waals surface area contributed by atoms with Crippen LogP contribution in [0, 0.1) is 0 Å². The van der Waals surface area contributed by atoms with Crippen LogP contribution in [0.4, 0.5) is 13.2 Å². The summed E-state index contributed by atoms with van der Waals surface area (Å²) >= 11 is 0. The average molecular weight is 499 g/mol. The number of carbonyl (C=O) groups is 1. The number of nitrogens with zero attached hydrogens (tertiary/aromatic N) is 3. The minimum Gasteiger partial charge on any atom is -0.497 e. The summed E-state index contributed by atoms with van der Waals surface area (Å²) in [6, 6.07) is 10.7. The number of halogens is 3. The molecule has 0 radical (unpaired) electrons. The molecule has 10 heteroatoms. The molecule has 1 aliphatic heterocycles. The molecule has 0 bridgehead atoms. The maximum Gasteiger partial charge on any atom is 0.416 e. The van der Waals surface area contributed by atoms with Crippen LogP contribution in [-0.4, -0.2) is 52.9 Å². The largest absolute Gasteiger partial charge is 0.497 e. The number of alkyl halides is 3. The molecule has 0 atom stereocenters. The van der Waals surface area contributed by atoms with E-state index in [1.165, 1.54) is 35.7 Å². The van der Waals surface area contributed by atoms with E-state index < -0.39 is 11.7 Å². The summed E-state index contributed by atoms with van der Waals surface area (Å²) in [5.74, 6) is 0.971. The third-order valence-electron chi connectivity index (χ3n) is 6.68. The SMILES string of the molecule is COc1ccc2[nH]cc(C3CCN(C(=O)c4nn(-c5cccc(C(F)(F)F)c5)cc4OC)CC3)c2c1. The number of nitrogens with one attached hydrogen (secondary N) is 1. The van der Waals surface area contributed by atoms with E-state index >= 15 is 0 Å². The number of fused-ring (bicyclic) bond motifs is 1. The van der Waals surface area contributed by atoms with Gasteiger partial charge in [0.15, 0.2) is 11.4 Å². The molecule has 2 aromatic heterocycles. The lowest BCUT2D eigenvalue weighted by Gasteiger charge is -2.31. The number of ether oxygens (including phenoxy) is 2. The monoisotopic (exact) mass is 498 g/mol. The molecule has 2 aromatic carbocycles. The molecule has 0 spiro atoms. The Morgan fingerprint density at radius 1 is 1.08 bits per heavy atom. The number of piperidine rings is 1. The van der Waals surface area contributed by atoms with Gasteiger partial charge in [0, 0.05) is 30.2 Å². The van der Waals surface area contributed by atoms with Gasteiger partial charge >= 0.3 is 6.18 Å². The molecule has 7 nitrogen and oxygen atoms in total. The van der Waals surface area contributed by atoms with E-state index in [4.69, 9.17) is 9.47 Å². The van der Waals surface area contributed by atoms with Gasteiger partial charge in [-0.2, -0.15) is 18.3 Å². The fourth-order valence-corrected chi connectivity index (χ4v) is 4.74. The van der Waals surface area contributed by atoms with Crippen molar-refractivity contribution >= 4 is 16.8 Å². The molecule has 1 aliphatic rings. The van der Waals surface area contributed by atoms with Gasteiger partial charge in [0.25, 0.3) is 5.91 Å². The molecular weight excluding hydrogens is 473 g/mol. The quantitative estimate of drug-likeness (QED) is 0.400. The van der Waals surface area contributed by atoms with Gasteiger partial charge in [-0.15, -0.1) is 0 Å². The molecule has 1 fully saturated rings. The molecule has 5 rings (SSSR count). The Morgan fingerprint density at radius 3 is 2.56 bits per heavy atom. The fourth-order valence-electron chi connectivity index (χ4n) is 4.74. The smallest absolute Gasteiger partial charge is 0.416 e. The minimum atomic E-state index is -4.48. The predicted molar refractivity (Wildman–Crippen MR) is 128 cm³/mol. The van der Waals surface area contributed by atoms with Gasteiger partial charge in [-0.3, -0.25) is 4.79 Å². The van der Waals surface area contributed by atoms with Crippen LogP contribution in [-0.2, 0) is 6.18 Å². The van der Waals surface area contributed by atoms with Crippen molar-refractivity contribution in [2.45, 2.75) is 24.9 Å². The first kappa shape index (κ1) is 23.8. The molecule has 4 aromatic rings. The van der Waals surface area contributed by atoms with Crippen LogP contribution in [0.2, 0.25) is 0 Å². The summed E-state index contributed by atoms with van der Waals surface area (Å²) in [5, 5.41) is 5.40. The van der Waals surface area contributed by atoms with E-state index in [2.05, 4.69) is 10.1 Å². The second-order valence-electron chi connectivity index (χ2n) is 8.76. The summed E-state index contributed by atoms with van der Waals surface area (Å²) in [4.78, 5) is 18.3. The van der Waals surface area contributed by atoms with Crippen molar-refractivity contribution < 1.29 is 27.4 Å². The molecule has 36 heavy (non-hydrogen) atoms. The predicted octanol–water partition coefficient (Wildman–Crippen LogP) is 5.41. The standard InChI is InChI=1S/C26H25F3N4O3/c1-35-19-6-7-22-20(13-19)21(14-30-22)16-8-10-32(11-9-16)25(34)24-23(36-2)15-33(31-24)18-5-3-4-17(12-18)26(27,28)29/h3-7,12-16,30H,8-11H2,1-2H3. The first-order valence-electron chi connectivity index (χ1n) is 11.5. The molecule has 188 valence electrons. The van der Waals surface area contributed by atoms with E-state index in [9.17, 15) is 18.0 Å². The van der Waals surface area contributed by atoms with Gasteiger partial charge in [-0.05, 0) is 60.7 Å². The third-order valence-corrected chi connectivity index (χ3v) is 6.68. The van der Waals surface area contributed by atoms with Crippen LogP contribution in [0.5, 0.6) is 11.5 Å². The molecule has 0 unspecified atom stereocenters. The Morgan fingerprint density at radius 2 is 1.86 bits per heavy atom. The van der Waals surface area contributed by atoms with Gasteiger partial charge in [0.2, 0.25) is 0 Å². The van der Waals surface area contributed by atoms with E-state index in [0.717, 1.165) is 41.6 Å². The summed E-state index contributed by atoms with van der Waals surface area (Å²) in [5.41, 5.74) is 1.71. The third kappa shape index (κ3) is 4.38. The van der Waals surface area contributed by atoms with Crippen molar-refractivity contribution in [3.05, 3.63) is 71.7 Å². The van der Waals surface area contributed by atoms with Gasteiger partial charge in [-0.25, -0.2) is 4.68 Å². The highest BCUT2D eigenvalue weighted by Crippen LogP contribution is 2.36. The summed E-state index contributed by atoms with van der Waals surface area (Å²) in [6.07, 6.45) is 0.506. The molecule has 1 amide bonds. The Kier molecular flexibility index (Phi) is 6.11. The van der Waals surface area contributed by atoms with Crippen molar-refractivity contribution in [1.82, 2.24) is 19.7 Å². The fraction of sp³-hybridized carbons (Fsp3) is 0.308. The number of hydrogen-bond acceptors (Lipinski definition) is 4.